The summed E-state index contributed by atoms with van der Waals surface area (Å²) in [5.41, 5.74) is 0. The van der Waals surface area contributed by atoms with E-state index in [4.69, 9.17) is 0 Å². The highest BCUT2D eigenvalue weighted by atomic mass is 15.1. The van der Waals surface area contributed by atoms with Crippen LogP contribution in [-0.4, -0.2) is 38.1 Å². The number of hydrogen-bond acceptors (Lipinski definition) is 2. The van der Waals surface area contributed by atoms with Crippen molar-refractivity contribution in [3.8, 4) is 0 Å². The lowest BCUT2D eigenvalue weighted by Gasteiger charge is -2.17. The molecule has 2 heteroatoms. The van der Waals surface area contributed by atoms with Crippen LogP contribution in [0.5, 0.6) is 0 Å². The van der Waals surface area contributed by atoms with E-state index in [2.05, 4.69) is 17.3 Å². The zero-order valence-electron chi connectivity index (χ0n) is 10.9. The summed E-state index contributed by atoms with van der Waals surface area (Å²) in [6, 6.07) is 0. The molecular formula is C14H28N2. The van der Waals surface area contributed by atoms with Crippen LogP contribution in [0.15, 0.2) is 0 Å². The fourth-order valence-corrected chi connectivity index (χ4v) is 3.25. The minimum Gasteiger partial charge on any atom is -0.316 e. The summed E-state index contributed by atoms with van der Waals surface area (Å²) < 4.78 is 0. The maximum absolute atomic E-state index is 3.72. The quantitative estimate of drug-likeness (QED) is 0.738. The molecule has 2 aliphatic rings. The lowest BCUT2D eigenvalue weighted by Crippen LogP contribution is -2.29. The van der Waals surface area contributed by atoms with Gasteiger partial charge in [-0.3, -0.25) is 0 Å². The smallest absolute Gasteiger partial charge is 0.00192 e. The Morgan fingerprint density at radius 2 is 1.62 bits per heavy atom. The average molecular weight is 224 g/mol. The molecule has 0 amide bonds. The molecule has 0 bridgehead atoms. The highest BCUT2D eigenvalue weighted by Crippen LogP contribution is 2.22. The Labute approximate surface area is 101 Å². The van der Waals surface area contributed by atoms with Gasteiger partial charge in [0.15, 0.2) is 0 Å². The van der Waals surface area contributed by atoms with Crippen molar-refractivity contribution in [2.45, 2.75) is 44.9 Å². The van der Waals surface area contributed by atoms with Crippen LogP contribution in [0.2, 0.25) is 0 Å². The Morgan fingerprint density at radius 3 is 2.25 bits per heavy atom. The third-order valence-corrected chi connectivity index (χ3v) is 4.33. The highest BCUT2D eigenvalue weighted by molar-refractivity contribution is 4.75. The van der Waals surface area contributed by atoms with Gasteiger partial charge in [-0.1, -0.05) is 25.7 Å². The standard InChI is InChI=1S/C14H28N2/c1-16-9-8-14(12-16)11-15-10-13-6-4-2-3-5-7-13/h13-15H,2-12H2,1H3. The number of likely N-dealkylation sites (tertiary alicyclic amines) is 1. The maximum atomic E-state index is 3.72. The summed E-state index contributed by atoms with van der Waals surface area (Å²) in [6.45, 7) is 5.13. The molecule has 0 aromatic rings. The van der Waals surface area contributed by atoms with Gasteiger partial charge in [0, 0.05) is 6.54 Å². The molecule has 0 radical (unpaired) electrons. The zero-order chi connectivity index (χ0) is 11.2. The highest BCUT2D eigenvalue weighted by Gasteiger charge is 2.19. The fraction of sp³-hybridized carbons (Fsp3) is 1.00. The number of nitrogens with zero attached hydrogens (tertiary/aromatic N) is 1. The van der Waals surface area contributed by atoms with E-state index < -0.39 is 0 Å². The molecule has 1 saturated carbocycles. The normalized spacial score (nSPS) is 29.4. The van der Waals surface area contributed by atoms with Crippen molar-refractivity contribution in [1.29, 1.82) is 0 Å². The van der Waals surface area contributed by atoms with E-state index in [1.807, 2.05) is 0 Å². The SMILES string of the molecule is CN1CCC(CNCC2CCCCCC2)C1. The van der Waals surface area contributed by atoms with E-state index in [1.165, 1.54) is 71.1 Å². The molecule has 2 fully saturated rings. The van der Waals surface area contributed by atoms with E-state index in [9.17, 15) is 0 Å². The Morgan fingerprint density at radius 1 is 0.938 bits per heavy atom. The number of rotatable bonds is 4. The molecule has 1 aliphatic heterocycles. The van der Waals surface area contributed by atoms with Crippen LogP contribution in [0.1, 0.15) is 44.9 Å². The van der Waals surface area contributed by atoms with Crippen LogP contribution in [0.3, 0.4) is 0 Å². The first-order valence-corrected chi connectivity index (χ1v) is 7.24. The average Bonchev–Trinajstić information content (AvgIpc) is 2.54. The Hall–Kier alpha value is -0.0800. The lowest BCUT2D eigenvalue weighted by molar-refractivity contribution is 0.371. The molecule has 1 atom stereocenters. The first-order chi connectivity index (χ1) is 7.84. The van der Waals surface area contributed by atoms with Gasteiger partial charge in [0.25, 0.3) is 0 Å². The molecule has 94 valence electrons. The zero-order valence-corrected chi connectivity index (χ0v) is 10.9. The number of hydrogen-bond donors (Lipinski definition) is 1. The van der Waals surface area contributed by atoms with E-state index in [0.717, 1.165) is 11.8 Å². The molecule has 1 aliphatic carbocycles. The minimum atomic E-state index is 0.913. The maximum Gasteiger partial charge on any atom is 0.00192 e. The predicted octanol–water partition coefficient (Wildman–Crippen LogP) is 2.50. The second-order valence-corrected chi connectivity index (χ2v) is 5.93. The molecule has 0 aromatic carbocycles. The molecule has 1 N–H and O–H groups in total. The first kappa shape index (κ1) is 12.4. The van der Waals surface area contributed by atoms with Crippen LogP contribution >= 0.6 is 0 Å². The van der Waals surface area contributed by atoms with Crippen molar-refractivity contribution in [2.24, 2.45) is 11.8 Å². The van der Waals surface area contributed by atoms with Crippen molar-refractivity contribution >= 4 is 0 Å². The van der Waals surface area contributed by atoms with Crippen LogP contribution in [0.4, 0.5) is 0 Å². The summed E-state index contributed by atoms with van der Waals surface area (Å²) in [5.74, 6) is 1.89. The Bertz CT molecular complexity index is 185. The summed E-state index contributed by atoms with van der Waals surface area (Å²) in [5, 5.41) is 3.72. The molecule has 1 saturated heterocycles. The topological polar surface area (TPSA) is 15.3 Å². The van der Waals surface area contributed by atoms with Crippen molar-refractivity contribution in [2.75, 3.05) is 33.2 Å². The molecule has 0 aromatic heterocycles. The van der Waals surface area contributed by atoms with Crippen LogP contribution < -0.4 is 5.32 Å². The van der Waals surface area contributed by atoms with Crippen molar-refractivity contribution in [1.82, 2.24) is 10.2 Å². The monoisotopic (exact) mass is 224 g/mol. The van der Waals surface area contributed by atoms with E-state index in [1.54, 1.807) is 0 Å². The van der Waals surface area contributed by atoms with Gasteiger partial charge in [-0.05, 0) is 57.8 Å². The van der Waals surface area contributed by atoms with Gasteiger partial charge in [-0.15, -0.1) is 0 Å². The van der Waals surface area contributed by atoms with Crippen LogP contribution in [0.25, 0.3) is 0 Å². The second-order valence-electron chi connectivity index (χ2n) is 5.93. The van der Waals surface area contributed by atoms with Crippen molar-refractivity contribution in [3.63, 3.8) is 0 Å². The molecule has 2 rings (SSSR count). The second kappa shape index (κ2) is 6.61. The van der Waals surface area contributed by atoms with E-state index in [0.29, 0.717) is 0 Å². The lowest BCUT2D eigenvalue weighted by atomic mass is 10.00. The van der Waals surface area contributed by atoms with Gasteiger partial charge in [-0.2, -0.15) is 0 Å². The molecule has 1 heterocycles. The fourth-order valence-electron chi connectivity index (χ4n) is 3.25. The largest absolute Gasteiger partial charge is 0.316 e. The van der Waals surface area contributed by atoms with Crippen molar-refractivity contribution < 1.29 is 0 Å². The Kier molecular flexibility index (Phi) is 5.11. The number of nitrogens with one attached hydrogen (secondary N) is 1. The summed E-state index contributed by atoms with van der Waals surface area (Å²) in [4.78, 5) is 2.46. The summed E-state index contributed by atoms with van der Waals surface area (Å²) in [6.07, 6.45) is 10.2. The molecule has 16 heavy (non-hydrogen) atoms. The van der Waals surface area contributed by atoms with Gasteiger partial charge < -0.3 is 10.2 Å². The molecule has 2 nitrogen and oxygen atoms in total. The van der Waals surface area contributed by atoms with Crippen LogP contribution in [0, 0.1) is 11.8 Å². The van der Waals surface area contributed by atoms with Crippen LogP contribution in [-0.2, 0) is 0 Å². The predicted molar refractivity (Wildman–Crippen MR) is 69.7 cm³/mol. The Balaban J connectivity index is 1.56. The molecular weight excluding hydrogens is 196 g/mol. The molecule has 0 spiro atoms. The first-order valence-electron chi connectivity index (χ1n) is 7.24. The van der Waals surface area contributed by atoms with Gasteiger partial charge in [0.2, 0.25) is 0 Å². The van der Waals surface area contributed by atoms with E-state index in [-0.39, 0.29) is 0 Å². The minimum absolute atomic E-state index is 0.913. The molecule has 1 unspecified atom stereocenters. The third kappa shape index (κ3) is 4.06. The van der Waals surface area contributed by atoms with Crippen molar-refractivity contribution in [3.05, 3.63) is 0 Å². The third-order valence-electron chi connectivity index (χ3n) is 4.33. The van der Waals surface area contributed by atoms with Gasteiger partial charge in [0.05, 0.1) is 0 Å². The summed E-state index contributed by atoms with van der Waals surface area (Å²) >= 11 is 0. The van der Waals surface area contributed by atoms with Gasteiger partial charge in [0.1, 0.15) is 0 Å². The van der Waals surface area contributed by atoms with Gasteiger partial charge >= 0.3 is 0 Å². The van der Waals surface area contributed by atoms with Gasteiger partial charge in [-0.25, -0.2) is 0 Å². The van der Waals surface area contributed by atoms with E-state index >= 15 is 0 Å². The summed E-state index contributed by atoms with van der Waals surface area (Å²) in [7, 11) is 2.24.